The van der Waals surface area contributed by atoms with E-state index >= 15 is 0 Å². The van der Waals surface area contributed by atoms with E-state index in [0.717, 1.165) is 30.0 Å². The third kappa shape index (κ3) is 3.12. The molecule has 1 aromatic rings. The summed E-state index contributed by atoms with van der Waals surface area (Å²) in [6, 6.07) is 4.81. The number of carbonyl (C=O) groups excluding carboxylic acids is 1. The minimum Gasteiger partial charge on any atom is -0.382 e. The monoisotopic (exact) mass is 254 g/mol. The fourth-order valence-corrected chi connectivity index (χ4v) is 2.99. The maximum Gasteiger partial charge on any atom is 0.251 e. The summed E-state index contributed by atoms with van der Waals surface area (Å²) in [6.07, 6.45) is 2.18. The van der Waals surface area contributed by atoms with Crippen molar-refractivity contribution in [1.29, 1.82) is 0 Å². The van der Waals surface area contributed by atoms with Gasteiger partial charge < -0.3 is 11.1 Å². The molecule has 0 saturated carbocycles. The lowest BCUT2D eigenvalue weighted by atomic mass is 10.1. The molecule has 2 rings (SSSR count). The van der Waals surface area contributed by atoms with Crippen LogP contribution in [0.15, 0.2) is 18.2 Å². The first-order valence-corrected chi connectivity index (χ1v) is 6.76. The van der Waals surface area contributed by atoms with Gasteiger partial charge in [0.15, 0.2) is 0 Å². The normalized spacial score (nSPS) is 16.8. The molecule has 0 aromatic heterocycles. The Labute approximate surface area is 104 Å². The topological polar surface area (TPSA) is 55.1 Å². The van der Waals surface area contributed by atoms with Gasteiger partial charge in [-0.1, -0.05) is 0 Å². The lowest BCUT2D eigenvalue weighted by molar-refractivity contribution is 0.0996. The third-order valence-corrected chi connectivity index (χ3v) is 3.87. The molecule has 1 amide bonds. The molecule has 1 aliphatic rings. The van der Waals surface area contributed by atoms with Crippen molar-refractivity contribution in [3.63, 3.8) is 0 Å². The fourth-order valence-electron chi connectivity index (χ4n) is 1.88. The number of hydrogen-bond donors (Lipinski definition) is 2. The number of benzene rings is 1. The highest BCUT2D eigenvalue weighted by molar-refractivity contribution is 7.99. The van der Waals surface area contributed by atoms with Crippen molar-refractivity contribution < 1.29 is 9.18 Å². The first-order valence-electron chi connectivity index (χ1n) is 5.60. The highest BCUT2D eigenvalue weighted by Gasteiger charge is 2.15. The molecule has 1 saturated heterocycles. The molecule has 1 fully saturated rings. The van der Waals surface area contributed by atoms with Crippen LogP contribution in [0.3, 0.4) is 0 Å². The molecule has 92 valence electrons. The Bertz CT molecular complexity index is 419. The molecule has 1 heterocycles. The molecule has 0 atom stereocenters. The van der Waals surface area contributed by atoms with Crippen LogP contribution in [0.2, 0.25) is 0 Å². The van der Waals surface area contributed by atoms with E-state index in [9.17, 15) is 9.18 Å². The molecule has 17 heavy (non-hydrogen) atoms. The van der Waals surface area contributed by atoms with Gasteiger partial charge in [-0.25, -0.2) is 4.39 Å². The highest BCUT2D eigenvalue weighted by atomic mass is 32.2. The first kappa shape index (κ1) is 12.2. The van der Waals surface area contributed by atoms with Crippen LogP contribution in [-0.2, 0) is 0 Å². The number of anilines is 1. The van der Waals surface area contributed by atoms with E-state index in [1.165, 1.54) is 12.1 Å². The summed E-state index contributed by atoms with van der Waals surface area (Å²) in [5.74, 6) is 0.982. The number of primary amides is 1. The van der Waals surface area contributed by atoms with Crippen molar-refractivity contribution >= 4 is 23.4 Å². The average molecular weight is 254 g/mol. The molecule has 1 aliphatic heterocycles. The van der Waals surface area contributed by atoms with E-state index in [1.807, 2.05) is 11.8 Å². The lowest BCUT2D eigenvalue weighted by Gasteiger charge is -2.23. The van der Waals surface area contributed by atoms with E-state index in [4.69, 9.17) is 5.73 Å². The third-order valence-electron chi connectivity index (χ3n) is 2.82. The van der Waals surface area contributed by atoms with Gasteiger partial charge in [0.2, 0.25) is 0 Å². The number of nitrogens with two attached hydrogens (primary N) is 1. The van der Waals surface area contributed by atoms with Crippen LogP contribution in [-0.4, -0.2) is 23.5 Å². The maximum absolute atomic E-state index is 13.3. The molecule has 0 aliphatic carbocycles. The van der Waals surface area contributed by atoms with Crippen LogP contribution in [0.25, 0.3) is 0 Å². The second-order valence-electron chi connectivity index (χ2n) is 4.09. The lowest BCUT2D eigenvalue weighted by Crippen LogP contribution is -2.24. The van der Waals surface area contributed by atoms with Crippen molar-refractivity contribution in [2.24, 2.45) is 5.73 Å². The quantitative estimate of drug-likeness (QED) is 0.869. The second kappa shape index (κ2) is 5.40. The Morgan fingerprint density at radius 2 is 2.12 bits per heavy atom. The zero-order chi connectivity index (χ0) is 12.3. The zero-order valence-corrected chi connectivity index (χ0v) is 10.2. The number of amides is 1. The summed E-state index contributed by atoms with van der Waals surface area (Å²) in [4.78, 5) is 11.0. The number of carbonyl (C=O) groups is 1. The molecule has 0 spiro atoms. The van der Waals surface area contributed by atoms with Crippen molar-refractivity contribution in [2.75, 3.05) is 16.8 Å². The smallest absolute Gasteiger partial charge is 0.251 e. The fraction of sp³-hybridized carbons (Fsp3) is 0.417. The Morgan fingerprint density at radius 1 is 1.41 bits per heavy atom. The van der Waals surface area contributed by atoms with Crippen LogP contribution in [0.5, 0.6) is 0 Å². The van der Waals surface area contributed by atoms with E-state index < -0.39 is 11.7 Å². The van der Waals surface area contributed by atoms with Gasteiger partial charge >= 0.3 is 0 Å². The van der Waals surface area contributed by atoms with Gasteiger partial charge in [0.25, 0.3) is 5.91 Å². The Kier molecular flexibility index (Phi) is 3.89. The van der Waals surface area contributed by atoms with Crippen molar-refractivity contribution in [1.82, 2.24) is 0 Å². The molecule has 3 nitrogen and oxygen atoms in total. The largest absolute Gasteiger partial charge is 0.382 e. The first-order chi connectivity index (χ1) is 8.16. The Morgan fingerprint density at radius 3 is 2.76 bits per heavy atom. The summed E-state index contributed by atoms with van der Waals surface area (Å²) in [6.45, 7) is 0. The number of thioether (sulfide) groups is 1. The molecular weight excluding hydrogens is 239 g/mol. The minimum atomic E-state index is -0.731. The van der Waals surface area contributed by atoms with Crippen LogP contribution in [0, 0.1) is 5.82 Å². The minimum absolute atomic E-state index is 0.0554. The number of hydrogen-bond acceptors (Lipinski definition) is 3. The van der Waals surface area contributed by atoms with Crippen molar-refractivity contribution in [2.45, 2.75) is 18.9 Å². The second-order valence-corrected chi connectivity index (χ2v) is 5.31. The van der Waals surface area contributed by atoms with E-state index in [-0.39, 0.29) is 5.56 Å². The van der Waals surface area contributed by atoms with Crippen LogP contribution < -0.4 is 11.1 Å². The maximum atomic E-state index is 13.3. The van der Waals surface area contributed by atoms with Crippen LogP contribution in [0.4, 0.5) is 10.1 Å². The van der Waals surface area contributed by atoms with Crippen molar-refractivity contribution in [3.8, 4) is 0 Å². The van der Waals surface area contributed by atoms with Gasteiger partial charge in [-0.3, -0.25) is 4.79 Å². The zero-order valence-electron chi connectivity index (χ0n) is 9.41. The molecule has 3 N–H and O–H groups in total. The van der Waals surface area contributed by atoms with Gasteiger partial charge in [-0.2, -0.15) is 11.8 Å². The summed E-state index contributed by atoms with van der Waals surface area (Å²) in [5.41, 5.74) is 5.81. The van der Waals surface area contributed by atoms with Gasteiger partial charge in [0.1, 0.15) is 5.82 Å². The molecule has 0 bridgehead atoms. The number of nitrogens with one attached hydrogen (secondary N) is 1. The standard InChI is InChI=1S/C12H15FN2OS/c13-11-2-1-9(7-10(11)12(14)16)15-8-3-5-17-6-4-8/h1-2,7-8,15H,3-6H2,(H2,14,16). The Hall–Kier alpha value is -1.23. The van der Waals surface area contributed by atoms with Crippen LogP contribution in [0.1, 0.15) is 23.2 Å². The highest BCUT2D eigenvalue weighted by Crippen LogP contribution is 2.22. The molecular formula is C12H15FN2OS. The number of halogens is 1. The summed E-state index contributed by atoms with van der Waals surface area (Å²) < 4.78 is 13.3. The van der Waals surface area contributed by atoms with Crippen molar-refractivity contribution in [3.05, 3.63) is 29.6 Å². The van der Waals surface area contributed by atoms with Gasteiger partial charge in [-0.15, -0.1) is 0 Å². The predicted molar refractivity (Wildman–Crippen MR) is 68.9 cm³/mol. The predicted octanol–water partition coefficient (Wildman–Crippen LogP) is 2.23. The average Bonchev–Trinajstić information content (AvgIpc) is 2.32. The van der Waals surface area contributed by atoms with E-state index in [2.05, 4.69) is 5.32 Å². The molecule has 5 heteroatoms. The van der Waals surface area contributed by atoms with Gasteiger partial charge in [-0.05, 0) is 42.5 Å². The van der Waals surface area contributed by atoms with Gasteiger partial charge in [0, 0.05) is 11.7 Å². The van der Waals surface area contributed by atoms with E-state index in [0.29, 0.717) is 6.04 Å². The Balaban J connectivity index is 2.10. The molecule has 0 radical (unpaired) electrons. The summed E-state index contributed by atoms with van der Waals surface area (Å²) in [5, 5.41) is 3.32. The SMILES string of the molecule is NC(=O)c1cc(NC2CCSCC2)ccc1F. The summed E-state index contributed by atoms with van der Waals surface area (Å²) in [7, 11) is 0. The summed E-state index contributed by atoms with van der Waals surface area (Å²) >= 11 is 1.95. The van der Waals surface area contributed by atoms with E-state index in [1.54, 1.807) is 6.07 Å². The van der Waals surface area contributed by atoms with Gasteiger partial charge in [0.05, 0.1) is 5.56 Å². The molecule has 1 aromatic carbocycles. The van der Waals surface area contributed by atoms with Crippen LogP contribution >= 0.6 is 11.8 Å². The number of rotatable bonds is 3. The molecule has 0 unspecified atom stereocenters.